The van der Waals surface area contributed by atoms with Crippen LogP contribution < -0.4 is 5.32 Å². The minimum atomic E-state index is -0.894. The molecule has 3 rings (SSSR count). The van der Waals surface area contributed by atoms with Crippen molar-refractivity contribution in [2.75, 3.05) is 7.05 Å². The van der Waals surface area contributed by atoms with Crippen LogP contribution in [0.25, 0.3) is 0 Å². The van der Waals surface area contributed by atoms with Crippen LogP contribution in [-0.2, 0) is 14.4 Å². The van der Waals surface area contributed by atoms with Gasteiger partial charge in [0.2, 0.25) is 5.91 Å². The standard InChI is InChI=1S/C16H17N3O4/c1-19-14(20)7-6-12(18-19)15(21)17-13-8-11(16(22)23)9-4-2-3-5-10(9)13/h2-5,11,13H,6-8H2,1H3,(H,17,21)(H,22,23). The molecule has 2 amide bonds. The van der Waals surface area contributed by atoms with E-state index < -0.39 is 11.9 Å². The van der Waals surface area contributed by atoms with Gasteiger partial charge in [0, 0.05) is 19.9 Å². The maximum atomic E-state index is 12.4. The number of amides is 2. The molecule has 7 heteroatoms. The molecule has 2 atom stereocenters. The van der Waals surface area contributed by atoms with Crippen molar-refractivity contribution in [1.82, 2.24) is 10.3 Å². The lowest BCUT2D eigenvalue weighted by Crippen LogP contribution is -2.38. The number of benzene rings is 1. The second kappa shape index (κ2) is 5.83. The summed E-state index contributed by atoms with van der Waals surface area (Å²) in [5.74, 6) is -1.99. The van der Waals surface area contributed by atoms with Crippen molar-refractivity contribution >= 4 is 23.5 Å². The zero-order chi connectivity index (χ0) is 16.6. The van der Waals surface area contributed by atoms with Crippen LogP contribution in [0.5, 0.6) is 0 Å². The Morgan fingerprint density at radius 1 is 1.26 bits per heavy atom. The summed E-state index contributed by atoms with van der Waals surface area (Å²) in [4.78, 5) is 35.2. The highest BCUT2D eigenvalue weighted by atomic mass is 16.4. The lowest BCUT2D eigenvalue weighted by Gasteiger charge is -2.20. The van der Waals surface area contributed by atoms with Crippen LogP contribution in [0.2, 0.25) is 0 Å². The average molecular weight is 315 g/mol. The topological polar surface area (TPSA) is 99.1 Å². The zero-order valence-electron chi connectivity index (χ0n) is 12.7. The average Bonchev–Trinajstić information content (AvgIpc) is 2.89. The second-order valence-electron chi connectivity index (χ2n) is 5.75. The summed E-state index contributed by atoms with van der Waals surface area (Å²) in [6, 6.07) is 6.88. The number of hydrogen-bond donors (Lipinski definition) is 2. The van der Waals surface area contributed by atoms with Crippen molar-refractivity contribution in [1.29, 1.82) is 0 Å². The van der Waals surface area contributed by atoms with Crippen molar-refractivity contribution in [3.8, 4) is 0 Å². The molecule has 1 aliphatic heterocycles. The molecule has 0 spiro atoms. The van der Waals surface area contributed by atoms with Crippen molar-refractivity contribution in [3.05, 3.63) is 35.4 Å². The van der Waals surface area contributed by atoms with E-state index in [-0.39, 0.29) is 24.3 Å². The van der Waals surface area contributed by atoms with Crippen LogP contribution in [-0.4, -0.2) is 40.7 Å². The van der Waals surface area contributed by atoms with Crippen LogP contribution in [0.3, 0.4) is 0 Å². The van der Waals surface area contributed by atoms with Crippen molar-refractivity contribution < 1.29 is 19.5 Å². The molecule has 7 nitrogen and oxygen atoms in total. The van der Waals surface area contributed by atoms with Gasteiger partial charge in [-0.15, -0.1) is 0 Å². The molecular weight excluding hydrogens is 298 g/mol. The molecule has 0 bridgehead atoms. The predicted octanol–water partition coefficient (Wildman–Crippen LogP) is 1.02. The number of carbonyl (C=O) groups excluding carboxylic acids is 2. The van der Waals surface area contributed by atoms with Gasteiger partial charge in [0.1, 0.15) is 5.71 Å². The highest BCUT2D eigenvalue weighted by Crippen LogP contribution is 2.40. The van der Waals surface area contributed by atoms with Crippen LogP contribution in [0.15, 0.2) is 29.4 Å². The molecule has 0 saturated carbocycles. The van der Waals surface area contributed by atoms with Crippen molar-refractivity contribution in [3.63, 3.8) is 0 Å². The highest BCUT2D eigenvalue weighted by molar-refractivity contribution is 6.39. The number of carbonyl (C=O) groups is 3. The first-order valence-electron chi connectivity index (χ1n) is 7.44. The molecule has 1 aliphatic carbocycles. The van der Waals surface area contributed by atoms with E-state index in [1.807, 2.05) is 12.1 Å². The fourth-order valence-electron chi connectivity index (χ4n) is 3.08. The summed E-state index contributed by atoms with van der Waals surface area (Å²) >= 11 is 0. The Kier molecular flexibility index (Phi) is 3.85. The van der Waals surface area contributed by atoms with Gasteiger partial charge in [0.25, 0.3) is 5.91 Å². The number of carboxylic acids is 1. The fraction of sp³-hybridized carbons (Fsp3) is 0.375. The minimum Gasteiger partial charge on any atom is -0.481 e. The number of fused-ring (bicyclic) bond motifs is 1. The number of carboxylic acid groups (broad SMARTS) is 1. The van der Waals surface area contributed by atoms with Gasteiger partial charge in [-0.2, -0.15) is 5.10 Å². The van der Waals surface area contributed by atoms with E-state index in [9.17, 15) is 19.5 Å². The molecule has 0 aromatic heterocycles. The van der Waals surface area contributed by atoms with Gasteiger partial charge >= 0.3 is 5.97 Å². The third-order valence-corrected chi connectivity index (χ3v) is 4.29. The third-order valence-electron chi connectivity index (χ3n) is 4.29. The molecule has 23 heavy (non-hydrogen) atoms. The molecule has 1 aromatic carbocycles. The second-order valence-corrected chi connectivity index (χ2v) is 5.75. The predicted molar refractivity (Wildman–Crippen MR) is 81.8 cm³/mol. The molecule has 1 aromatic rings. The third kappa shape index (κ3) is 2.81. The van der Waals surface area contributed by atoms with Gasteiger partial charge in [-0.1, -0.05) is 24.3 Å². The molecule has 2 aliphatic rings. The van der Waals surface area contributed by atoms with E-state index in [0.29, 0.717) is 18.6 Å². The van der Waals surface area contributed by atoms with Crippen LogP contribution in [0.4, 0.5) is 0 Å². The summed E-state index contributed by atoms with van der Waals surface area (Å²) in [6.07, 6.45) is 0.871. The largest absolute Gasteiger partial charge is 0.481 e. The summed E-state index contributed by atoms with van der Waals surface area (Å²) in [5.41, 5.74) is 1.86. The van der Waals surface area contributed by atoms with Gasteiger partial charge in [0.05, 0.1) is 12.0 Å². The molecule has 2 N–H and O–H groups in total. The maximum absolute atomic E-state index is 12.4. The number of hydrazone groups is 1. The van der Waals surface area contributed by atoms with E-state index in [4.69, 9.17) is 0 Å². The lowest BCUT2D eigenvalue weighted by molar-refractivity contribution is -0.139. The molecule has 1 heterocycles. The normalized spacial score (nSPS) is 23.3. The van der Waals surface area contributed by atoms with Gasteiger partial charge in [-0.3, -0.25) is 14.4 Å². The van der Waals surface area contributed by atoms with Crippen LogP contribution in [0, 0.1) is 0 Å². The van der Waals surface area contributed by atoms with Crippen LogP contribution in [0.1, 0.15) is 42.3 Å². The summed E-state index contributed by atoms with van der Waals surface area (Å²) in [6.45, 7) is 0. The fourth-order valence-corrected chi connectivity index (χ4v) is 3.08. The number of aliphatic carboxylic acids is 1. The maximum Gasteiger partial charge on any atom is 0.311 e. The van der Waals surface area contributed by atoms with Crippen molar-refractivity contribution in [2.24, 2.45) is 5.10 Å². The van der Waals surface area contributed by atoms with Gasteiger partial charge in [-0.05, 0) is 17.5 Å². The van der Waals surface area contributed by atoms with Gasteiger partial charge < -0.3 is 10.4 Å². The quantitative estimate of drug-likeness (QED) is 0.870. The molecule has 0 radical (unpaired) electrons. The summed E-state index contributed by atoms with van der Waals surface area (Å²) in [5, 5.41) is 17.4. The summed E-state index contributed by atoms with van der Waals surface area (Å²) < 4.78 is 0. The molecular formula is C16H17N3O4. The first-order chi connectivity index (χ1) is 11.0. The Balaban J connectivity index is 1.79. The van der Waals surface area contributed by atoms with E-state index in [2.05, 4.69) is 10.4 Å². The molecule has 2 unspecified atom stereocenters. The van der Waals surface area contributed by atoms with Gasteiger partial charge in [-0.25, -0.2) is 5.01 Å². The highest BCUT2D eigenvalue weighted by Gasteiger charge is 2.36. The minimum absolute atomic E-state index is 0.126. The first kappa shape index (κ1) is 15.2. The van der Waals surface area contributed by atoms with Gasteiger partial charge in [0.15, 0.2) is 0 Å². The Morgan fingerprint density at radius 2 is 1.96 bits per heavy atom. The molecule has 0 fully saturated rings. The number of rotatable bonds is 3. The number of nitrogens with one attached hydrogen (secondary N) is 1. The van der Waals surface area contributed by atoms with E-state index in [1.165, 1.54) is 12.1 Å². The zero-order valence-corrected chi connectivity index (χ0v) is 12.7. The monoisotopic (exact) mass is 315 g/mol. The Bertz CT molecular complexity index is 713. The first-order valence-corrected chi connectivity index (χ1v) is 7.44. The lowest BCUT2D eigenvalue weighted by atomic mass is 10.0. The smallest absolute Gasteiger partial charge is 0.311 e. The van der Waals surface area contributed by atoms with Crippen LogP contribution >= 0.6 is 0 Å². The van der Waals surface area contributed by atoms with E-state index >= 15 is 0 Å². The number of hydrogen-bond acceptors (Lipinski definition) is 4. The Labute approximate surface area is 133 Å². The van der Waals surface area contributed by atoms with E-state index in [0.717, 1.165) is 11.1 Å². The Morgan fingerprint density at radius 3 is 2.61 bits per heavy atom. The molecule has 120 valence electrons. The summed E-state index contributed by atoms with van der Waals surface area (Å²) in [7, 11) is 1.51. The SMILES string of the molecule is CN1N=C(C(=O)NC2CC(C(=O)O)c3ccccc32)CCC1=O. The molecule has 0 saturated heterocycles. The van der Waals surface area contributed by atoms with Crippen molar-refractivity contribution in [2.45, 2.75) is 31.2 Å². The van der Waals surface area contributed by atoms with E-state index in [1.54, 1.807) is 12.1 Å². The Hall–Kier alpha value is -2.70. The number of nitrogens with zero attached hydrogens (tertiary/aromatic N) is 2.